The van der Waals surface area contributed by atoms with Gasteiger partial charge in [-0.1, -0.05) is 6.92 Å². The van der Waals surface area contributed by atoms with Crippen LogP contribution in [0.4, 0.5) is 13.2 Å². The van der Waals surface area contributed by atoms with E-state index in [1.165, 1.54) is 0 Å². The van der Waals surface area contributed by atoms with Gasteiger partial charge in [0.25, 0.3) is 0 Å². The van der Waals surface area contributed by atoms with Crippen LogP contribution in [0.2, 0.25) is 0 Å². The molecule has 0 aromatic carbocycles. The number of fused-ring (bicyclic) bond motifs is 1. The van der Waals surface area contributed by atoms with E-state index in [2.05, 4.69) is 10.2 Å². The zero-order valence-corrected chi connectivity index (χ0v) is 10.1. The van der Waals surface area contributed by atoms with Gasteiger partial charge in [-0.15, -0.1) is 10.2 Å². The maximum absolute atomic E-state index is 12.6. The molecular weight excluding hydrogens is 247 g/mol. The first-order chi connectivity index (χ1) is 8.41. The quantitative estimate of drug-likeness (QED) is 0.878. The molecule has 102 valence electrons. The fourth-order valence-corrected chi connectivity index (χ4v) is 2.03. The molecule has 0 aliphatic carbocycles. The van der Waals surface area contributed by atoms with Gasteiger partial charge in [-0.2, -0.15) is 13.2 Å². The number of nitrogens with two attached hydrogens (primary N) is 1. The van der Waals surface area contributed by atoms with Gasteiger partial charge in [-0.05, 0) is 6.42 Å². The number of halogens is 3. The molecule has 1 aromatic rings. The van der Waals surface area contributed by atoms with Crippen molar-refractivity contribution in [3.05, 3.63) is 11.6 Å². The number of rotatable bonds is 3. The van der Waals surface area contributed by atoms with Gasteiger partial charge >= 0.3 is 6.18 Å². The van der Waals surface area contributed by atoms with E-state index >= 15 is 0 Å². The molecular formula is C10H16F3N5. The Labute approximate surface area is 103 Å². The van der Waals surface area contributed by atoms with E-state index in [0.717, 1.165) is 11.0 Å². The van der Waals surface area contributed by atoms with Crippen molar-refractivity contribution < 1.29 is 13.2 Å². The maximum Gasteiger partial charge on any atom is 0.451 e. The van der Waals surface area contributed by atoms with Crippen molar-refractivity contribution in [1.82, 2.24) is 19.7 Å². The van der Waals surface area contributed by atoms with Crippen molar-refractivity contribution in [2.45, 2.75) is 38.7 Å². The highest BCUT2D eigenvalue weighted by Crippen LogP contribution is 2.29. The monoisotopic (exact) mass is 263 g/mol. The molecule has 0 fully saturated rings. The van der Waals surface area contributed by atoms with Gasteiger partial charge in [0, 0.05) is 25.7 Å². The third-order valence-electron chi connectivity index (χ3n) is 3.10. The standard InChI is InChI=1S/C10H16F3N5/c1-2-7(14)5-17-3-4-18-8(6-17)15-16-9(18)10(11,12)13/h7H,2-6,14H2,1H3. The van der Waals surface area contributed by atoms with Crippen LogP contribution in [0, 0.1) is 0 Å². The lowest BCUT2D eigenvalue weighted by Crippen LogP contribution is -2.42. The molecule has 5 nitrogen and oxygen atoms in total. The highest BCUT2D eigenvalue weighted by Gasteiger charge is 2.39. The number of alkyl halides is 3. The van der Waals surface area contributed by atoms with E-state index in [4.69, 9.17) is 5.73 Å². The topological polar surface area (TPSA) is 60.0 Å². The molecule has 0 saturated carbocycles. The minimum absolute atomic E-state index is 0.0431. The van der Waals surface area contributed by atoms with Crippen molar-refractivity contribution in [2.75, 3.05) is 13.1 Å². The minimum Gasteiger partial charge on any atom is -0.327 e. The number of hydrogen-bond donors (Lipinski definition) is 1. The molecule has 0 amide bonds. The van der Waals surface area contributed by atoms with Crippen LogP contribution in [0.5, 0.6) is 0 Å². The Morgan fingerprint density at radius 3 is 2.67 bits per heavy atom. The van der Waals surface area contributed by atoms with E-state index < -0.39 is 12.0 Å². The van der Waals surface area contributed by atoms with Crippen LogP contribution < -0.4 is 5.73 Å². The summed E-state index contributed by atoms with van der Waals surface area (Å²) in [7, 11) is 0. The zero-order valence-electron chi connectivity index (χ0n) is 10.1. The third kappa shape index (κ3) is 2.64. The first-order valence-corrected chi connectivity index (χ1v) is 5.89. The summed E-state index contributed by atoms with van der Waals surface area (Å²) >= 11 is 0. The Balaban J connectivity index is 2.10. The molecule has 1 aliphatic rings. The van der Waals surface area contributed by atoms with Gasteiger partial charge in [-0.25, -0.2) is 0 Å². The van der Waals surface area contributed by atoms with Crippen molar-refractivity contribution in [3.8, 4) is 0 Å². The Bertz CT molecular complexity index is 414. The normalized spacial score (nSPS) is 18.7. The fraction of sp³-hybridized carbons (Fsp3) is 0.800. The molecule has 1 aromatic heterocycles. The average Bonchev–Trinajstić information content (AvgIpc) is 2.71. The Morgan fingerprint density at radius 1 is 1.33 bits per heavy atom. The molecule has 1 atom stereocenters. The van der Waals surface area contributed by atoms with E-state index in [9.17, 15) is 13.2 Å². The average molecular weight is 263 g/mol. The Hall–Kier alpha value is -1.15. The SMILES string of the molecule is CCC(N)CN1CCn2c(nnc2C(F)(F)F)C1. The first-order valence-electron chi connectivity index (χ1n) is 5.89. The maximum atomic E-state index is 12.6. The van der Waals surface area contributed by atoms with Crippen molar-refractivity contribution >= 4 is 0 Å². The molecule has 0 saturated heterocycles. The van der Waals surface area contributed by atoms with E-state index in [1.54, 1.807) is 0 Å². The van der Waals surface area contributed by atoms with Gasteiger partial charge < -0.3 is 10.3 Å². The summed E-state index contributed by atoms with van der Waals surface area (Å²) in [5, 5.41) is 6.85. The van der Waals surface area contributed by atoms with Crippen LogP contribution in [0.3, 0.4) is 0 Å². The molecule has 2 heterocycles. The predicted octanol–water partition coefficient (Wildman–Crippen LogP) is 0.850. The van der Waals surface area contributed by atoms with Gasteiger partial charge in [0.05, 0.1) is 6.54 Å². The van der Waals surface area contributed by atoms with Crippen LogP contribution in [0.25, 0.3) is 0 Å². The van der Waals surface area contributed by atoms with Gasteiger partial charge in [0.2, 0.25) is 5.82 Å². The molecule has 2 rings (SSSR count). The molecule has 0 bridgehead atoms. The van der Waals surface area contributed by atoms with Gasteiger partial charge in [0.1, 0.15) is 5.82 Å². The lowest BCUT2D eigenvalue weighted by Gasteiger charge is -2.29. The van der Waals surface area contributed by atoms with Crippen molar-refractivity contribution in [2.24, 2.45) is 5.73 Å². The van der Waals surface area contributed by atoms with Crippen molar-refractivity contribution in [1.29, 1.82) is 0 Å². The van der Waals surface area contributed by atoms with Gasteiger partial charge in [0.15, 0.2) is 0 Å². The first kappa shape index (κ1) is 13.3. The fourth-order valence-electron chi connectivity index (χ4n) is 2.03. The second-order valence-electron chi connectivity index (χ2n) is 4.49. The third-order valence-corrected chi connectivity index (χ3v) is 3.10. The smallest absolute Gasteiger partial charge is 0.327 e. The van der Waals surface area contributed by atoms with Crippen molar-refractivity contribution in [3.63, 3.8) is 0 Å². The summed E-state index contributed by atoms with van der Waals surface area (Å²) in [5.41, 5.74) is 5.83. The van der Waals surface area contributed by atoms with Crippen LogP contribution >= 0.6 is 0 Å². The summed E-state index contributed by atoms with van der Waals surface area (Å²) < 4.78 is 39.0. The zero-order chi connectivity index (χ0) is 13.3. The second kappa shape index (κ2) is 4.85. The van der Waals surface area contributed by atoms with E-state index in [-0.39, 0.29) is 12.6 Å². The van der Waals surface area contributed by atoms with Gasteiger partial charge in [-0.3, -0.25) is 4.90 Å². The number of hydrogen-bond acceptors (Lipinski definition) is 4. The highest BCUT2D eigenvalue weighted by atomic mass is 19.4. The molecule has 8 heteroatoms. The minimum atomic E-state index is -4.44. The number of aromatic nitrogens is 3. The summed E-state index contributed by atoms with van der Waals surface area (Å²) in [6.07, 6.45) is -3.59. The van der Waals surface area contributed by atoms with Crippen LogP contribution in [0.15, 0.2) is 0 Å². The molecule has 0 radical (unpaired) electrons. The lowest BCUT2D eigenvalue weighted by atomic mass is 10.2. The van der Waals surface area contributed by atoms with E-state index in [1.807, 2.05) is 11.8 Å². The molecule has 2 N–H and O–H groups in total. The van der Waals surface area contributed by atoms with Crippen LogP contribution in [-0.2, 0) is 19.3 Å². The molecule has 1 unspecified atom stereocenters. The van der Waals surface area contributed by atoms with Crippen LogP contribution in [-0.4, -0.2) is 38.8 Å². The Morgan fingerprint density at radius 2 is 2.06 bits per heavy atom. The summed E-state index contributed by atoms with van der Waals surface area (Å²) in [6.45, 7) is 3.83. The number of nitrogens with zero attached hydrogens (tertiary/aromatic N) is 4. The molecule has 1 aliphatic heterocycles. The summed E-state index contributed by atoms with van der Waals surface area (Å²) in [5.74, 6) is -0.547. The van der Waals surface area contributed by atoms with Crippen LogP contribution in [0.1, 0.15) is 25.0 Å². The van der Waals surface area contributed by atoms with E-state index in [0.29, 0.717) is 25.5 Å². The lowest BCUT2D eigenvalue weighted by molar-refractivity contribution is -0.148. The molecule has 0 spiro atoms. The second-order valence-corrected chi connectivity index (χ2v) is 4.49. The summed E-state index contributed by atoms with van der Waals surface area (Å²) in [4.78, 5) is 2.01. The largest absolute Gasteiger partial charge is 0.451 e. The predicted molar refractivity (Wildman–Crippen MR) is 58.6 cm³/mol. The molecule has 18 heavy (non-hydrogen) atoms. The Kier molecular flexibility index (Phi) is 3.58. The summed E-state index contributed by atoms with van der Waals surface area (Å²) in [6, 6.07) is 0.0431. The highest BCUT2D eigenvalue weighted by molar-refractivity contribution is 5.02.